The Labute approximate surface area is 114 Å². The molecule has 6 heteroatoms. The first-order valence-electron chi connectivity index (χ1n) is 6.54. The zero-order valence-electron chi connectivity index (χ0n) is 12.5. The predicted octanol–water partition coefficient (Wildman–Crippen LogP) is 0.833. The van der Waals surface area contributed by atoms with Crippen LogP contribution < -0.4 is 5.32 Å². The number of amides is 2. The van der Waals surface area contributed by atoms with Gasteiger partial charge in [-0.2, -0.15) is 0 Å². The highest BCUT2D eigenvalue weighted by Gasteiger charge is 2.34. The molecule has 1 aliphatic heterocycles. The van der Waals surface area contributed by atoms with Crippen molar-refractivity contribution in [2.45, 2.75) is 33.2 Å². The fraction of sp³-hybridized carbons (Fsp3) is 0.846. The number of carboxylic acid groups (broad SMARTS) is 1. The van der Waals surface area contributed by atoms with Crippen molar-refractivity contribution >= 4 is 12.0 Å². The molecular formula is C13H25N3O3. The van der Waals surface area contributed by atoms with Crippen LogP contribution in [0.4, 0.5) is 4.79 Å². The number of rotatable bonds is 3. The van der Waals surface area contributed by atoms with E-state index in [0.29, 0.717) is 13.1 Å². The van der Waals surface area contributed by atoms with Gasteiger partial charge in [-0.05, 0) is 34.7 Å². The predicted molar refractivity (Wildman–Crippen MR) is 73.1 cm³/mol. The van der Waals surface area contributed by atoms with Gasteiger partial charge in [-0.1, -0.05) is 0 Å². The molecule has 0 aromatic rings. The van der Waals surface area contributed by atoms with E-state index >= 15 is 0 Å². The van der Waals surface area contributed by atoms with Crippen LogP contribution in [0.3, 0.4) is 0 Å². The van der Waals surface area contributed by atoms with Gasteiger partial charge in [-0.15, -0.1) is 0 Å². The molecule has 0 saturated carbocycles. The number of piperazine rings is 1. The number of hydrogen-bond donors (Lipinski definition) is 2. The van der Waals surface area contributed by atoms with E-state index in [0.717, 1.165) is 6.54 Å². The molecule has 110 valence electrons. The summed E-state index contributed by atoms with van der Waals surface area (Å²) in [7, 11) is 2.04. The summed E-state index contributed by atoms with van der Waals surface area (Å²) in [6.45, 7) is 9.65. The minimum Gasteiger partial charge on any atom is -0.481 e. The van der Waals surface area contributed by atoms with E-state index in [1.807, 2.05) is 7.05 Å². The summed E-state index contributed by atoms with van der Waals surface area (Å²) in [6, 6.07) is -0.185. The Morgan fingerprint density at radius 2 is 1.89 bits per heavy atom. The second-order valence-corrected chi connectivity index (χ2v) is 6.50. The monoisotopic (exact) mass is 271 g/mol. The quantitative estimate of drug-likeness (QED) is 0.797. The van der Waals surface area contributed by atoms with Gasteiger partial charge in [0.15, 0.2) is 0 Å². The van der Waals surface area contributed by atoms with Gasteiger partial charge in [-0.25, -0.2) is 4.79 Å². The van der Waals surface area contributed by atoms with E-state index in [2.05, 4.69) is 24.1 Å². The lowest BCUT2D eigenvalue weighted by Gasteiger charge is -2.45. The van der Waals surface area contributed by atoms with Crippen LogP contribution in [0, 0.1) is 5.41 Å². The van der Waals surface area contributed by atoms with Crippen molar-refractivity contribution in [1.82, 2.24) is 15.1 Å². The van der Waals surface area contributed by atoms with Crippen LogP contribution in [-0.4, -0.2) is 65.7 Å². The van der Waals surface area contributed by atoms with Crippen molar-refractivity contribution in [3.8, 4) is 0 Å². The Morgan fingerprint density at radius 3 is 2.37 bits per heavy atom. The van der Waals surface area contributed by atoms with Gasteiger partial charge in [0.05, 0.1) is 5.41 Å². The van der Waals surface area contributed by atoms with Crippen LogP contribution in [-0.2, 0) is 4.79 Å². The van der Waals surface area contributed by atoms with Crippen LogP contribution in [0.2, 0.25) is 0 Å². The minimum atomic E-state index is -0.947. The molecule has 2 N–H and O–H groups in total. The van der Waals surface area contributed by atoms with Crippen molar-refractivity contribution in [2.75, 3.05) is 33.2 Å². The Hall–Kier alpha value is -1.30. The van der Waals surface area contributed by atoms with Crippen LogP contribution in [0.5, 0.6) is 0 Å². The summed E-state index contributed by atoms with van der Waals surface area (Å²) in [5.41, 5.74) is -1.00. The van der Waals surface area contributed by atoms with Gasteiger partial charge in [0.2, 0.25) is 0 Å². The minimum absolute atomic E-state index is 0.0576. The van der Waals surface area contributed by atoms with Gasteiger partial charge in [0, 0.05) is 31.7 Å². The number of carbonyl (C=O) groups is 2. The molecule has 0 radical (unpaired) electrons. The molecule has 0 aliphatic carbocycles. The second kappa shape index (κ2) is 5.36. The van der Waals surface area contributed by atoms with Crippen molar-refractivity contribution in [3.05, 3.63) is 0 Å². The molecule has 1 fully saturated rings. The molecule has 0 aromatic heterocycles. The maximum absolute atomic E-state index is 12.1. The lowest BCUT2D eigenvalue weighted by atomic mass is 9.94. The number of nitrogens with one attached hydrogen (secondary N) is 1. The average molecular weight is 271 g/mol. The third-order valence-electron chi connectivity index (χ3n) is 3.86. The summed E-state index contributed by atoms with van der Waals surface area (Å²) in [6.07, 6.45) is 0. The van der Waals surface area contributed by atoms with Crippen molar-refractivity contribution in [2.24, 2.45) is 5.41 Å². The second-order valence-electron chi connectivity index (χ2n) is 6.50. The molecule has 1 aliphatic rings. The Morgan fingerprint density at radius 1 is 1.32 bits per heavy atom. The number of nitrogens with zero attached hydrogens (tertiary/aromatic N) is 2. The van der Waals surface area contributed by atoms with Gasteiger partial charge in [0.1, 0.15) is 0 Å². The summed E-state index contributed by atoms with van der Waals surface area (Å²) in [5.74, 6) is -0.911. The molecule has 0 spiro atoms. The maximum Gasteiger partial charge on any atom is 0.317 e. The summed E-state index contributed by atoms with van der Waals surface area (Å²) < 4.78 is 0. The molecule has 0 bridgehead atoms. The molecule has 1 saturated heterocycles. The fourth-order valence-corrected chi connectivity index (χ4v) is 1.90. The standard InChI is InChI=1S/C13H25N3O3/c1-12(2,10(17)18)8-14-11(19)16-7-6-15(5)13(3,4)9-16/h6-9H2,1-5H3,(H,14,19)(H,17,18). The van der Waals surface area contributed by atoms with Crippen LogP contribution in [0.25, 0.3) is 0 Å². The van der Waals surface area contributed by atoms with Gasteiger partial charge in [-0.3, -0.25) is 9.69 Å². The largest absolute Gasteiger partial charge is 0.481 e. The lowest BCUT2D eigenvalue weighted by Crippen LogP contribution is -2.60. The highest BCUT2D eigenvalue weighted by molar-refractivity contribution is 5.77. The number of urea groups is 1. The van der Waals surface area contributed by atoms with Crippen molar-refractivity contribution in [3.63, 3.8) is 0 Å². The van der Waals surface area contributed by atoms with E-state index < -0.39 is 11.4 Å². The first-order chi connectivity index (χ1) is 8.56. The van der Waals surface area contributed by atoms with Crippen LogP contribution in [0.15, 0.2) is 0 Å². The molecular weight excluding hydrogens is 246 g/mol. The first kappa shape index (κ1) is 15.8. The normalized spacial score (nSPS) is 20.2. The van der Waals surface area contributed by atoms with Crippen molar-refractivity contribution < 1.29 is 14.7 Å². The lowest BCUT2D eigenvalue weighted by molar-refractivity contribution is -0.146. The molecule has 1 heterocycles. The number of carboxylic acids is 1. The zero-order valence-corrected chi connectivity index (χ0v) is 12.5. The number of likely N-dealkylation sites (N-methyl/N-ethyl adjacent to an activating group) is 1. The number of hydrogen-bond acceptors (Lipinski definition) is 3. The first-order valence-corrected chi connectivity index (χ1v) is 6.54. The Kier molecular flexibility index (Phi) is 4.45. The smallest absolute Gasteiger partial charge is 0.317 e. The molecule has 0 unspecified atom stereocenters. The van der Waals surface area contributed by atoms with E-state index in [1.165, 1.54) is 0 Å². The topological polar surface area (TPSA) is 72.9 Å². The molecule has 0 atom stereocenters. The van der Waals surface area contributed by atoms with Crippen LogP contribution in [0.1, 0.15) is 27.7 Å². The average Bonchev–Trinajstić information content (AvgIpc) is 2.29. The maximum atomic E-state index is 12.1. The number of carbonyl (C=O) groups excluding carboxylic acids is 1. The summed E-state index contributed by atoms with van der Waals surface area (Å²) in [5, 5.41) is 11.7. The van der Waals surface area contributed by atoms with E-state index in [9.17, 15) is 9.59 Å². The molecule has 2 amide bonds. The van der Waals surface area contributed by atoms with Crippen LogP contribution >= 0.6 is 0 Å². The highest BCUT2D eigenvalue weighted by atomic mass is 16.4. The zero-order chi connectivity index (χ0) is 14.8. The van der Waals surface area contributed by atoms with E-state index in [4.69, 9.17) is 5.11 Å². The molecule has 0 aromatic carbocycles. The van der Waals surface area contributed by atoms with Gasteiger partial charge >= 0.3 is 12.0 Å². The molecule has 6 nitrogen and oxygen atoms in total. The third kappa shape index (κ3) is 3.83. The third-order valence-corrected chi connectivity index (χ3v) is 3.86. The van der Waals surface area contributed by atoms with Crippen molar-refractivity contribution in [1.29, 1.82) is 0 Å². The SMILES string of the molecule is CN1CCN(C(=O)NCC(C)(C)C(=O)O)CC1(C)C. The molecule has 1 rings (SSSR count). The summed E-state index contributed by atoms with van der Waals surface area (Å²) in [4.78, 5) is 27.0. The summed E-state index contributed by atoms with van der Waals surface area (Å²) >= 11 is 0. The molecule has 19 heavy (non-hydrogen) atoms. The highest BCUT2D eigenvalue weighted by Crippen LogP contribution is 2.19. The van der Waals surface area contributed by atoms with Gasteiger partial charge in [0.25, 0.3) is 0 Å². The fourth-order valence-electron chi connectivity index (χ4n) is 1.90. The van der Waals surface area contributed by atoms with E-state index in [-0.39, 0.29) is 18.1 Å². The Bertz CT molecular complexity index is 366. The Balaban J connectivity index is 2.54. The van der Waals surface area contributed by atoms with Gasteiger partial charge < -0.3 is 15.3 Å². The number of aliphatic carboxylic acids is 1. The van der Waals surface area contributed by atoms with E-state index in [1.54, 1.807) is 18.7 Å².